The second-order valence-electron chi connectivity index (χ2n) is 4.75. The van der Waals surface area contributed by atoms with E-state index in [1.807, 2.05) is 26.0 Å². The van der Waals surface area contributed by atoms with Crippen molar-refractivity contribution in [2.45, 2.75) is 26.3 Å². The van der Waals surface area contributed by atoms with E-state index in [1.165, 1.54) is 0 Å². The van der Waals surface area contributed by atoms with Crippen molar-refractivity contribution in [3.63, 3.8) is 0 Å². The number of ether oxygens (including phenoxy) is 1. The summed E-state index contributed by atoms with van der Waals surface area (Å²) in [5.74, 6) is 2.75. The van der Waals surface area contributed by atoms with E-state index < -0.39 is 0 Å². The summed E-state index contributed by atoms with van der Waals surface area (Å²) in [5.41, 5.74) is 6.85. The van der Waals surface area contributed by atoms with Crippen LogP contribution in [0.15, 0.2) is 24.4 Å². The molecule has 2 heterocycles. The normalized spacial score (nSPS) is 10.6. The molecule has 2 rings (SSSR count). The highest BCUT2D eigenvalue weighted by Crippen LogP contribution is 2.16. The quantitative estimate of drug-likeness (QED) is 0.868. The van der Waals surface area contributed by atoms with Gasteiger partial charge in [0.25, 0.3) is 0 Å². The molecule has 0 aliphatic rings. The molecule has 6 nitrogen and oxygen atoms in total. The van der Waals surface area contributed by atoms with E-state index in [9.17, 15) is 0 Å². The van der Waals surface area contributed by atoms with Crippen LogP contribution >= 0.6 is 0 Å². The SMILES string of the molecule is COc1cc(CNc2cc(N)nc(C(C)C)n2)ccn1. The smallest absolute Gasteiger partial charge is 0.213 e. The first-order valence-electron chi connectivity index (χ1n) is 6.45. The summed E-state index contributed by atoms with van der Waals surface area (Å²) in [6, 6.07) is 5.52. The number of nitrogen functional groups attached to an aromatic ring is 1. The van der Waals surface area contributed by atoms with E-state index in [1.54, 1.807) is 19.4 Å². The zero-order valence-electron chi connectivity index (χ0n) is 11.9. The Bertz CT molecular complexity index is 586. The lowest BCUT2D eigenvalue weighted by atomic mass is 10.2. The van der Waals surface area contributed by atoms with Crippen molar-refractivity contribution < 1.29 is 4.74 Å². The van der Waals surface area contributed by atoms with Crippen LogP contribution in [-0.4, -0.2) is 22.1 Å². The molecule has 0 aliphatic heterocycles. The highest BCUT2D eigenvalue weighted by atomic mass is 16.5. The number of nitrogens with one attached hydrogen (secondary N) is 1. The molecule has 0 saturated carbocycles. The summed E-state index contributed by atoms with van der Waals surface area (Å²) in [7, 11) is 1.60. The third-order valence-corrected chi connectivity index (χ3v) is 2.76. The van der Waals surface area contributed by atoms with Crippen molar-refractivity contribution >= 4 is 11.6 Å². The maximum absolute atomic E-state index is 5.79. The van der Waals surface area contributed by atoms with Crippen molar-refractivity contribution in [3.05, 3.63) is 35.8 Å². The summed E-state index contributed by atoms with van der Waals surface area (Å²) in [4.78, 5) is 12.7. The molecule has 0 amide bonds. The maximum atomic E-state index is 5.79. The van der Waals surface area contributed by atoms with Crippen molar-refractivity contribution in [2.75, 3.05) is 18.2 Å². The molecule has 3 N–H and O–H groups in total. The van der Waals surface area contributed by atoms with Crippen LogP contribution in [0.4, 0.5) is 11.6 Å². The number of aromatic nitrogens is 3. The third kappa shape index (κ3) is 3.57. The van der Waals surface area contributed by atoms with E-state index in [2.05, 4.69) is 20.3 Å². The van der Waals surface area contributed by atoms with Crippen LogP contribution in [-0.2, 0) is 6.54 Å². The van der Waals surface area contributed by atoms with E-state index in [0.29, 0.717) is 18.2 Å². The molecule has 0 aliphatic carbocycles. The van der Waals surface area contributed by atoms with Crippen LogP contribution < -0.4 is 15.8 Å². The second-order valence-corrected chi connectivity index (χ2v) is 4.75. The molecule has 0 radical (unpaired) electrons. The fourth-order valence-electron chi connectivity index (χ4n) is 1.70. The topological polar surface area (TPSA) is 86.0 Å². The van der Waals surface area contributed by atoms with Gasteiger partial charge in [-0.3, -0.25) is 0 Å². The number of anilines is 2. The largest absolute Gasteiger partial charge is 0.481 e. The third-order valence-electron chi connectivity index (χ3n) is 2.76. The Morgan fingerprint density at radius 2 is 2.10 bits per heavy atom. The molecule has 2 aromatic heterocycles. The number of hydrogen-bond acceptors (Lipinski definition) is 6. The van der Waals surface area contributed by atoms with Gasteiger partial charge in [0.05, 0.1) is 7.11 Å². The lowest BCUT2D eigenvalue weighted by molar-refractivity contribution is 0.397. The molecule has 0 atom stereocenters. The molecule has 0 bridgehead atoms. The van der Waals surface area contributed by atoms with Gasteiger partial charge in [-0.05, 0) is 11.6 Å². The maximum Gasteiger partial charge on any atom is 0.213 e. The van der Waals surface area contributed by atoms with Crippen LogP contribution in [0.5, 0.6) is 5.88 Å². The van der Waals surface area contributed by atoms with E-state index in [-0.39, 0.29) is 5.92 Å². The fraction of sp³-hybridized carbons (Fsp3) is 0.357. The molecule has 0 saturated heterocycles. The van der Waals surface area contributed by atoms with Gasteiger partial charge < -0.3 is 15.8 Å². The summed E-state index contributed by atoms with van der Waals surface area (Å²) in [6.45, 7) is 4.69. The number of methoxy groups -OCH3 is 1. The van der Waals surface area contributed by atoms with Crippen LogP contribution in [0.3, 0.4) is 0 Å². The van der Waals surface area contributed by atoms with Gasteiger partial charge in [0.2, 0.25) is 5.88 Å². The molecule has 0 unspecified atom stereocenters. The Balaban J connectivity index is 2.10. The van der Waals surface area contributed by atoms with Gasteiger partial charge in [0, 0.05) is 30.8 Å². The lowest BCUT2D eigenvalue weighted by Crippen LogP contribution is -2.07. The first-order chi connectivity index (χ1) is 9.58. The van der Waals surface area contributed by atoms with Crippen molar-refractivity contribution in [2.24, 2.45) is 0 Å². The van der Waals surface area contributed by atoms with Gasteiger partial charge in [-0.15, -0.1) is 0 Å². The molecule has 0 spiro atoms. The summed E-state index contributed by atoms with van der Waals surface area (Å²) >= 11 is 0. The van der Waals surface area contributed by atoms with Crippen LogP contribution in [0.2, 0.25) is 0 Å². The Morgan fingerprint density at radius 1 is 1.30 bits per heavy atom. The minimum Gasteiger partial charge on any atom is -0.481 e. The van der Waals surface area contributed by atoms with Gasteiger partial charge in [-0.25, -0.2) is 15.0 Å². The Morgan fingerprint density at radius 3 is 2.80 bits per heavy atom. The van der Waals surface area contributed by atoms with Gasteiger partial charge in [-0.1, -0.05) is 13.8 Å². The zero-order valence-corrected chi connectivity index (χ0v) is 11.9. The minimum atomic E-state index is 0.236. The summed E-state index contributed by atoms with van der Waals surface area (Å²) in [5, 5.41) is 3.23. The molecule has 20 heavy (non-hydrogen) atoms. The molecule has 6 heteroatoms. The Kier molecular flexibility index (Phi) is 4.34. The van der Waals surface area contributed by atoms with Gasteiger partial charge >= 0.3 is 0 Å². The first kappa shape index (κ1) is 14.0. The second kappa shape index (κ2) is 6.18. The Labute approximate surface area is 118 Å². The predicted octanol–water partition coefficient (Wildman–Crippen LogP) is 2.20. The highest BCUT2D eigenvalue weighted by molar-refractivity contribution is 5.45. The van der Waals surface area contributed by atoms with Gasteiger partial charge in [0.1, 0.15) is 17.5 Å². The highest BCUT2D eigenvalue weighted by Gasteiger charge is 2.06. The van der Waals surface area contributed by atoms with Crippen LogP contribution in [0.1, 0.15) is 31.2 Å². The van der Waals surface area contributed by atoms with Crippen molar-refractivity contribution in [1.29, 1.82) is 0 Å². The standard InChI is InChI=1S/C14H19N5O/c1-9(2)14-18-11(15)7-12(19-14)17-8-10-4-5-16-13(6-10)20-3/h4-7,9H,8H2,1-3H3,(H3,15,17,18,19). The molecule has 0 aromatic carbocycles. The number of hydrogen-bond donors (Lipinski definition) is 2. The van der Waals surface area contributed by atoms with Crippen LogP contribution in [0, 0.1) is 0 Å². The molecule has 2 aromatic rings. The minimum absolute atomic E-state index is 0.236. The number of nitrogens with two attached hydrogens (primary N) is 1. The monoisotopic (exact) mass is 273 g/mol. The number of rotatable bonds is 5. The molecule has 0 fully saturated rings. The van der Waals surface area contributed by atoms with E-state index in [4.69, 9.17) is 10.5 Å². The predicted molar refractivity (Wildman–Crippen MR) is 78.6 cm³/mol. The van der Waals surface area contributed by atoms with Gasteiger partial charge in [-0.2, -0.15) is 0 Å². The summed E-state index contributed by atoms with van der Waals surface area (Å²) in [6.07, 6.45) is 1.71. The number of pyridine rings is 1. The average molecular weight is 273 g/mol. The average Bonchev–Trinajstić information content (AvgIpc) is 2.44. The Hall–Kier alpha value is -2.37. The van der Waals surface area contributed by atoms with Gasteiger partial charge in [0.15, 0.2) is 0 Å². The summed E-state index contributed by atoms with van der Waals surface area (Å²) < 4.78 is 5.09. The molecular formula is C14H19N5O. The molecule has 106 valence electrons. The lowest BCUT2D eigenvalue weighted by Gasteiger charge is -2.10. The fourth-order valence-corrected chi connectivity index (χ4v) is 1.70. The van der Waals surface area contributed by atoms with Crippen molar-refractivity contribution in [3.8, 4) is 5.88 Å². The van der Waals surface area contributed by atoms with Crippen molar-refractivity contribution in [1.82, 2.24) is 15.0 Å². The van der Waals surface area contributed by atoms with E-state index in [0.717, 1.165) is 17.2 Å². The number of nitrogens with zero attached hydrogens (tertiary/aromatic N) is 3. The molecular weight excluding hydrogens is 254 g/mol. The van der Waals surface area contributed by atoms with Crippen LogP contribution in [0.25, 0.3) is 0 Å². The first-order valence-corrected chi connectivity index (χ1v) is 6.45. The van der Waals surface area contributed by atoms with E-state index >= 15 is 0 Å². The zero-order chi connectivity index (χ0) is 14.5.